The van der Waals surface area contributed by atoms with Crippen LogP contribution in [-0.4, -0.2) is 49.1 Å². The minimum absolute atomic E-state index is 0.117. The normalized spacial score (nSPS) is 24.7. The van der Waals surface area contributed by atoms with E-state index in [2.05, 4.69) is 15.9 Å². The Hall–Kier alpha value is -1.90. The van der Waals surface area contributed by atoms with Gasteiger partial charge in [0.15, 0.2) is 0 Å². The van der Waals surface area contributed by atoms with Gasteiger partial charge in [-0.05, 0) is 36.6 Å². The Kier molecular flexibility index (Phi) is 6.42. The highest BCUT2D eigenvalue weighted by Gasteiger charge is 2.44. The maximum Gasteiger partial charge on any atom is 0.411 e. The predicted octanol–water partition coefficient (Wildman–Crippen LogP) is 4.67. The van der Waals surface area contributed by atoms with Gasteiger partial charge in [-0.15, -0.1) is 0 Å². The highest BCUT2D eigenvalue weighted by atomic mass is 79.9. The minimum Gasteiger partial charge on any atom is -0.438 e. The Morgan fingerprint density at radius 2 is 1.81 bits per heavy atom. The number of sulfonamides is 1. The number of benzene rings is 2. The molecular formula is C23H27BrN2O4S. The van der Waals surface area contributed by atoms with Crippen LogP contribution in [0.2, 0.25) is 0 Å². The molecular weight excluding hydrogens is 480 g/mol. The summed E-state index contributed by atoms with van der Waals surface area (Å²) in [6.07, 6.45) is 1.34. The molecule has 166 valence electrons. The molecule has 8 heteroatoms. The summed E-state index contributed by atoms with van der Waals surface area (Å²) in [6.45, 7) is 3.43. The third kappa shape index (κ3) is 4.66. The van der Waals surface area contributed by atoms with Crippen molar-refractivity contribution in [2.75, 3.05) is 25.4 Å². The first-order valence-electron chi connectivity index (χ1n) is 10.6. The molecule has 0 bridgehead atoms. The molecule has 2 aliphatic rings. The second-order valence-corrected chi connectivity index (χ2v) is 11.2. The van der Waals surface area contributed by atoms with Crippen LogP contribution >= 0.6 is 15.9 Å². The molecule has 2 aliphatic heterocycles. The molecule has 0 aliphatic carbocycles. The number of hydrogen-bond acceptors (Lipinski definition) is 4. The average molecular weight is 507 g/mol. The van der Waals surface area contributed by atoms with Crippen molar-refractivity contribution >= 4 is 32.0 Å². The molecule has 4 rings (SSSR count). The van der Waals surface area contributed by atoms with Gasteiger partial charge in [0, 0.05) is 36.9 Å². The molecule has 2 saturated heterocycles. The fourth-order valence-electron chi connectivity index (χ4n) is 4.46. The molecule has 1 amide bonds. The molecule has 1 unspecified atom stereocenters. The van der Waals surface area contributed by atoms with Crippen molar-refractivity contribution in [2.24, 2.45) is 0 Å². The molecule has 2 fully saturated rings. The first-order valence-corrected chi connectivity index (χ1v) is 13.0. The van der Waals surface area contributed by atoms with Crippen LogP contribution in [0.1, 0.15) is 43.4 Å². The van der Waals surface area contributed by atoms with Crippen LogP contribution in [0, 0.1) is 0 Å². The molecule has 0 radical (unpaired) electrons. The van der Waals surface area contributed by atoms with E-state index in [1.165, 1.54) is 4.31 Å². The van der Waals surface area contributed by atoms with Crippen molar-refractivity contribution in [2.45, 2.75) is 37.8 Å². The fraction of sp³-hybridized carbons (Fsp3) is 0.435. The third-order valence-electron chi connectivity index (χ3n) is 6.36. The zero-order chi connectivity index (χ0) is 22.1. The van der Waals surface area contributed by atoms with Gasteiger partial charge < -0.3 is 9.64 Å². The summed E-state index contributed by atoms with van der Waals surface area (Å²) in [7, 11) is -3.20. The van der Waals surface area contributed by atoms with Crippen LogP contribution in [-0.2, 0) is 20.4 Å². The second-order valence-electron chi connectivity index (χ2n) is 8.22. The summed E-state index contributed by atoms with van der Waals surface area (Å²) in [6, 6.07) is 17.5. The van der Waals surface area contributed by atoms with Crippen LogP contribution < -0.4 is 0 Å². The molecule has 2 heterocycles. The van der Waals surface area contributed by atoms with Gasteiger partial charge in [0.25, 0.3) is 0 Å². The van der Waals surface area contributed by atoms with E-state index in [1.54, 1.807) is 4.90 Å². The van der Waals surface area contributed by atoms with Gasteiger partial charge in [0.1, 0.15) is 5.60 Å². The zero-order valence-electron chi connectivity index (χ0n) is 17.5. The molecule has 2 aromatic carbocycles. The van der Waals surface area contributed by atoms with Crippen LogP contribution in [0.4, 0.5) is 4.79 Å². The zero-order valence-corrected chi connectivity index (χ0v) is 19.9. The topological polar surface area (TPSA) is 66.9 Å². The Bertz CT molecular complexity index is 1030. The van der Waals surface area contributed by atoms with E-state index in [0.29, 0.717) is 38.9 Å². The number of rotatable bonds is 6. The monoisotopic (exact) mass is 506 g/mol. The van der Waals surface area contributed by atoms with E-state index < -0.39 is 15.6 Å². The smallest absolute Gasteiger partial charge is 0.411 e. The molecule has 0 saturated carbocycles. The number of halogens is 1. The van der Waals surface area contributed by atoms with Gasteiger partial charge in [0.05, 0.1) is 11.8 Å². The standard InChI is InChI=1S/C23H27BrN2O4S/c1-18(19-8-10-21(24)11-9-19)26-16-13-23(30-22(26)27,20-6-3-2-4-7-20)12-15-25-14-5-17-31(25,28)29/h2-4,6-11,18H,5,12-17H2,1H3/t18-,23?/m0/s1. The first-order chi connectivity index (χ1) is 14.8. The summed E-state index contributed by atoms with van der Waals surface area (Å²) in [5.41, 5.74) is 1.12. The molecule has 0 spiro atoms. The van der Waals surface area contributed by atoms with E-state index in [0.717, 1.165) is 15.6 Å². The Morgan fingerprint density at radius 1 is 1.10 bits per heavy atom. The van der Waals surface area contributed by atoms with Crippen molar-refractivity contribution in [1.29, 1.82) is 0 Å². The maximum absolute atomic E-state index is 13.2. The lowest BCUT2D eigenvalue weighted by Gasteiger charge is -2.44. The third-order valence-corrected chi connectivity index (χ3v) is 8.85. The van der Waals surface area contributed by atoms with E-state index in [9.17, 15) is 13.2 Å². The van der Waals surface area contributed by atoms with Gasteiger partial charge >= 0.3 is 6.09 Å². The molecule has 0 aromatic heterocycles. The maximum atomic E-state index is 13.2. The Labute approximate surface area is 192 Å². The van der Waals surface area contributed by atoms with Gasteiger partial charge in [-0.2, -0.15) is 0 Å². The van der Waals surface area contributed by atoms with Crippen LogP contribution in [0.15, 0.2) is 59.1 Å². The quantitative estimate of drug-likeness (QED) is 0.570. The predicted molar refractivity (Wildman–Crippen MR) is 123 cm³/mol. The molecule has 0 N–H and O–H groups in total. The average Bonchev–Trinajstić information content (AvgIpc) is 3.11. The van der Waals surface area contributed by atoms with Crippen molar-refractivity contribution in [1.82, 2.24) is 9.21 Å². The number of carbonyl (C=O) groups excluding carboxylic acids is 1. The number of ether oxygens (including phenoxy) is 1. The van der Waals surface area contributed by atoms with E-state index >= 15 is 0 Å². The molecule has 2 atom stereocenters. The highest BCUT2D eigenvalue weighted by molar-refractivity contribution is 9.10. The second kappa shape index (κ2) is 8.92. The summed E-state index contributed by atoms with van der Waals surface area (Å²) < 4.78 is 33.2. The summed E-state index contributed by atoms with van der Waals surface area (Å²) in [5, 5.41) is 0. The lowest BCUT2D eigenvalue weighted by atomic mass is 9.85. The van der Waals surface area contributed by atoms with Crippen molar-refractivity contribution in [3.8, 4) is 0 Å². The van der Waals surface area contributed by atoms with Crippen molar-refractivity contribution < 1.29 is 17.9 Å². The van der Waals surface area contributed by atoms with Crippen LogP contribution in [0.5, 0.6) is 0 Å². The molecule has 31 heavy (non-hydrogen) atoms. The largest absolute Gasteiger partial charge is 0.438 e. The van der Waals surface area contributed by atoms with Gasteiger partial charge in [-0.25, -0.2) is 17.5 Å². The van der Waals surface area contributed by atoms with Crippen LogP contribution in [0.25, 0.3) is 0 Å². The van der Waals surface area contributed by atoms with Gasteiger partial charge in [-0.3, -0.25) is 0 Å². The fourth-order valence-corrected chi connectivity index (χ4v) is 6.25. The highest BCUT2D eigenvalue weighted by Crippen LogP contribution is 2.40. The lowest BCUT2D eigenvalue weighted by Crippen LogP contribution is -2.50. The van der Waals surface area contributed by atoms with E-state index in [4.69, 9.17) is 4.74 Å². The minimum atomic E-state index is -3.20. The van der Waals surface area contributed by atoms with Gasteiger partial charge in [0.2, 0.25) is 10.0 Å². The lowest BCUT2D eigenvalue weighted by molar-refractivity contribution is -0.0668. The summed E-state index contributed by atoms with van der Waals surface area (Å²) in [4.78, 5) is 14.9. The Morgan fingerprint density at radius 3 is 2.42 bits per heavy atom. The SMILES string of the molecule is C[C@@H](c1ccc(Br)cc1)N1CCC(CCN2CCCS2(=O)=O)(c2ccccc2)OC1=O. The van der Waals surface area contributed by atoms with Crippen molar-refractivity contribution in [3.63, 3.8) is 0 Å². The summed E-state index contributed by atoms with van der Waals surface area (Å²) >= 11 is 3.44. The molecule has 6 nitrogen and oxygen atoms in total. The summed E-state index contributed by atoms with van der Waals surface area (Å²) in [5.74, 6) is 0.198. The number of cyclic esters (lactones) is 1. The number of carbonyl (C=O) groups is 1. The van der Waals surface area contributed by atoms with Crippen molar-refractivity contribution in [3.05, 3.63) is 70.2 Å². The first kappa shape index (κ1) is 22.3. The van der Waals surface area contributed by atoms with Gasteiger partial charge in [-0.1, -0.05) is 58.4 Å². The van der Waals surface area contributed by atoms with E-state index in [-0.39, 0.29) is 17.9 Å². The molecule has 2 aromatic rings. The van der Waals surface area contributed by atoms with Crippen LogP contribution in [0.3, 0.4) is 0 Å². The number of hydrogen-bond donors (Lipinski definition) is 0. The van der Waals surface area contributed by atoms with E-state index in [1.807, 2.05) is 61.5 Å². The Balaban J connectivity index is 1.55. The number of amides is 1. The number of nitrogens with zero attached hydrogens (tertiary/aromatic N) is 2.